The third-order valence-corrected chi connectivity index (χ3v) is 3.16. The summed E-state index contributed by atoms with van der Waals surface area (Å²) < 4.78 is 1.60. The molecule has 1 aromatic heterocycles. The highest BCUT2D eigenvalue weighted by Gasteiger charge is 2.15. The van der Waals surface area contributed by atoms with Crippen LogP contribution in [0.2, 0.25) is 0 Å². The molecule has 0 radical (unpaired) electrons. The summed E-state index contributed by atoms with van der Waals surface area (Å²) in [7, 11) is 3.53. The van der Waals surface area contributed by atoms with E-state index in [1.807, 2.05) is 30.3 Å². The molecule has 0 spiro atoms. The third-order valence-electron chi connectivity index (χ3n) is 3.16. The highest BCUT2D eigenvalue weighted by atomic mass is 16.3. The molecule has 0 atom stereocenters. The first-order chi connectivity index (χ1) is 9.20. The van der Waals surface area contributed by atoms with Crippen molar-refractivity contribution >= 4 is 29.5 Å². The van der Waals surface area contributed by atoms with Gasteiger partial charge in [-0.2, -0.15) is 0 Å². The van der Waals surface area contributed by atoms with E-state index in [4.69, 9.17) is 0 Å². The molecule has 2 heterocycles. The molecule has 5 heteroatoms. The molecule has 0 fully saturated rings. The maximum absolute atomic E-state index is 10.0. The van der Waals surface area contributed by atoms with Crippen molar-refractivity contribution in [3.63, 3.8) is 0 Å². The van der Waals surface area contributed by atoms with Crippen molar-refractivity contribution < 1.29 is 5.11 Å². The fourth-order valence-electron chi connectivity index (χ4n) is 2.13. The summed E-state index contributed by atoms with van der Waals surface area (Å²) in [5.74, 6) is 0.752. The van der Waals surface area contributed by atoms with E-state index < -0.39 is 0 Å². The van der Waals surface area contributed by atoms with Crippen LogP contribution in [0.5, 0.6) is 5.88 Å². The van der Waals surface area contributed by atoms with Crippen LogP contribution in [-0.2, 0) is 7.05 Å². The number of fused-ring (bicyclic) bond motifs is 1. The van der Waals surface area contributed by atoms with Gasteiger partial charge in [0.25, 0.3) is 0 Å². The zero-order valence-corrected chi connectivity index (χ0v) is 10.8. The number of anilines is 1. The first-order valence-electron chi connectivity index (χ1n) is 5.99. The number of benzene rings is 1. The lowest BCUT2D eigenvalue weighted by atomic mass is 10.1. The molecule has 1 aromatic carbocycles. The zero-order chi connectivity index (χ0) is 13.4. The van der Waals surface area contributed by atoms with Gasteiger partial charge in [0.2, 0.25) is 11.8 Å². The number of imidazole rings is 1. The summed E-state index contributed by atoms with van der Waals surface area (Å²) >= 11 is 0. The fraction of sp³-hybridized carbons (Fsp3) is 0.143. The second-order valence-electron chi connectivity index (χ2n) is 4.33. The summed E-state index contributed by atoms with van der Waals surface area (Å²) in [6.45, 7) is 0. The number of allylic oxidation sites excluding steroid dienone is 1. The molecule has 0 saturated carbocycles. The molecule has 1 aliphatic rings. The van der Waals surface area contributed by atoms with Gasteiger partial charge in [-0.1, -0.05) is 18.2 Å². The predicted octanol–water partition coefficient (Wildman–Crippen LogP) is 2.42. The first-order valence-corrected chi connectivity index (χ1v) is 5.99. The topological polar surface area (TPSA) is 62.4 Å². The molecule has 0 unspecified atom stereocenters. The molecule has 1 aliphatic heterocycles. The van der Waals surface area contributed by atoms with Gasteiger partial charge in [-0.05, 0) is 12.1 Å². The Balaban J connectivity index is 2.07. The van der Waals surface area contributed by atoms with Crippen LogP contribution in [0.3, 0.4) is 0 Å². The number of nitrogens with zero attached hydrogens (tertiary/aromatic N) is 3. The normalized spacial score (nSPS) is 14.9. The Kier molecular flexibility index (Phi) is 2.59. The van der Waals surface area contributed by atoms with Crippen molar-refractivity contribution in [2.24, 2.45) is 12.0 Å². The minimum absolute atomic E-state index is 0.134. The van der Waals surface area contributed by atoms with Crippen molar-refractivity contribution in [3.8, 4) is 5.88 Å². The Morgan fingerprint density at radius 3 is 2.84 bits per heavy atom. The summed E-state index contributed by atoms with van der Waals surface area (Å²) in [6, 6.07) is 7.90. The lowest BCUT2D eigenvalue weighted by Gasteiger charge is -1.99. The van der Waals surface area contributed by atoms with E-state index in [2.05, 4.69) is 15.3 Å². The summed E-state index contributed by atoms with van der Waals surface area (Å²) in [5, 5.41) is 13.0. The molecule has 0 bridgehead atoms. The molecule has 96 valence electrons. The van der Waals surface area contributed by atoms with Crippen molar-refractivity contribution in [3.05, 3.63) is 35.5 Å². The average Bonchev–Trinajstić information content (AvgIpc) is 2.96. The number of rotatable bonds is 2. The first kappa shape index (κ1) is 11.5. The number of nitrogens with one attached hydrogen (secondary N) is 1. The molecule has 19 heavy (non-hydrogen) atoms. The smallest absolute Gasteiger partial charge is 0.220 e. The van der Waals surface area contributed by atoms with E-state index in [1.54, 1.807) is 24.9 Å². The van der Waals surface area contributed by atoms with E-state index in [0.29, 0.717) is 11.6 Å². The van der Waals surface area contributed by atoms with Crippen LogP contribution < -0.4 is 5.32 Å². The van der Waals surface area contributed by atoms with Crippen LogP contribution in [0, 0.1) is 0 Å². The summed E-state index contributed by atoms with van der Waals surface area (Å²) in [4.78, 5) is 8.66. The van der Waals surface area contributed by atoms with E-state index in [1.165, 1.54) is 0 Å². The molecule has 2 aromatic rings. The summed E-state index contributed by atoms with van der Waals surface area (Å²) in [5.41, 5.74) is 3.48. The second kappa shape index (κ2) is 4.28. The molecular weight excluding hydrogens is 240 g/mol. The second-order valence-corrected chi connectivity index (χ2v) is 4.33. The standard InChI is InChI=1S/C14H14N4O/c1-15-14-17-12(13(19)18(14)2)7-9-8-16-11-6-4-3-5-10(9)11/h3-8,19H,1-2H3,(H,15,17)/b9-7+. The van der Waals surface area contributed by atoms with Gasteiger partial charge in [-0.15, -0.1) is 0 Å². The van der Waals surface area contributed by atoms with Gasteiger partial charge in [-0.3, -0.25) is 9.56 Å². The SMILES string of the molecule is CNc1nc(/C=C2\C=Nc3ccccc32)c(O)n1C. The van der Waals surface area contributed by atoms with E-state index in [-0.39, 0.29) is 5.88 Å². The van der Waals surface area contributed by atoms with Crippen LogP contribution in [0.4, 0.5) is 11.6 Å². The maximum Gasteiger partial charge on any atom is 0.220 e. The van der Waals surface area contributed by atoms with Crippen molar-refractivity contribution in [2.45, 2.75) is 0 Å². The lowest BCUT2D eigenvalue weighted by molar-refractivity contribution is 0.432. The van der Waals surface area contributed by atoms with Gasteiger partial charge >= 0.3 is 0 Å². The lowest BCUT2D eigenvalue weighted by Crippen LogP contribution is -1.97. The maximum atomic E-state index is 10.0. The largest absolute Gasteiger partial charge is 0.493 e. The number of aromatic nitrogens is 2. The van der Waals surface area contributed by atoms with Gasteiger partial charge < -0.3 is 10.4 Å². The van der Waals surface area contributed by atoms with E-state index >= 15 is 0 Å². The fourth-order valence-corrected chi connectivity index (χ4v) is 2.13. The number of aromatic hydroxyl groups is 1. The number of hydrogen-bond acceptors (Lipinski definition) is 4. The quantitative estimate of drug-likeness (QED) is 0.865. The van der Waals surface area contributed by atoms with Gasteiger partial charge in [0.15, 0.2) is 0 Å². The highest BCUT2D eigenvalue weighted by molar-refractivity contribution is 6.21. The average molecular weight is 254 g/mol. The zero-order valence-electron chi connectivity index (χ0n) is 10.8. The Morgan fingerprint density at radius 2 is 2.11 bits per heavy atom. The Labute approximate surface area is 110 Å². The number of para-hydroxylation sites is 1. The minimum atomic E-state index is 0.134. The highest BCUT2D eigenvalue weighted by Crippen LogP contribution is 2.33. The Hall–Kier alpha value is -2.56. The molecular formula is C14H14N4O. The van der Waals surface area contributed by atoms with E-state index in [0.717, 1.165) is 16.8 Å². The molecule has 5 nitrogen and oxygen atoms in total. The molecule has 2 N–H and O–H groups in total. The molecule has 0 amide bonds. The van der Waals surface area contributed by atoms with Crippen molar-refractivity contribution in [2.75, 3.05) is 12.4 Å². The Morgan fingerprint density at radius 1 is 1.32 bits per heavy atom. The van der Waals surface area contributed by atoms with Crippen LogP contribution >= 0.6 is 0 Å². The third kappa shape index (κ3) is 1.79. The monoisotopic (exact) mass is 254 g/mol. The van der Waals surface area contributed by atoms with Crippen molar-refractivity contribution in [1.29, 1.82) is 0 Å². The van der Waals surface area contributed by atoms with Crippen LogP contribution in [0.1, 0.15) is 11.3 Å². The van der Waals surface area contributed by atoms with Gasteiger partial charge in [0.1, 0.15) is 5.69 Å². The molecule has 3 rings (SSSR count). The van der Waals surface area contributed by atoms with Crippen LogP contribution in [-0.4, -0.2) is 27.9 Å². The predicted molar refractivity (Wildman–Crippen MR) is 76.9 cm³/mol. The minimum Gasteiger partial charge on any atom is -0.493 e. The van der Waals surface area contributed by atoms with Gasteiger partial charge in [-0.25, -0.2) is 4.98 Å². The number of hydrogen-bond donors (Lipinski definition) is 2. The van der Waals surface area contributed by atoms with Crippen LogP contribution in [0.15, 0.2) is 29.3 Å². The van der Waals surface area contributed by atoms with Gasteiger partial charge in [0.05, 0.1) is 5.69 Å². The number of aliphatic imine (C=N–C) groups is 1. The Bertz CT molecular complexity index is 697. The molecule has 0 aliphatic carbocycles. The molecule has 0 saturated heterocycles. The summed E-state index contributed by atoms with van der Waals surface area (Å²) in [6.07, 6.45) is 3.63. The van der Waals surface area contributed by atoms with Gasteiger partial charge in [0, 0.05) is 31.4 Å². The van der Waals surface area contributed by atoms with Crippen LogP contribution in [0.25, 0.3) is 11.6 Å². The van der Waals surface area contributed by atoms with E-state index in [9.17, 15) is 5.11 Å². The van der Waals surface area contributed by atoms with Crippen molar-refractivity contribution in [1.82, 2.24) is 9.55 Å².